The predicted molar refractivity (Wildman–Crippen MR) is 96.4 cm³/mol. The Morgan fingerprint density at radius 1 is 1.17 bits per heavy atom. The van der Waals surface area contributed by atoms with Gasteiger partial charge in [0.15, 0.2) is 0 Å². The summed E-state index contributed by atoms with van der Waals surface area (Å²) in [5, 5.41) is 4.25. The number of hydrogen-bond donors (Lipinski definition) is 1. The minimum Gasteiger partial charge on any atom is -0.325 e. The molecular formula is C19H17Cl2NO. The Kier molecular flexibility index (Phi) is 4.74. The van der Waals surface area contributed by atoms with Gasteiger partial charge in [-0.15, -0.1) is 6.58 Å². The summed E-state index contributed by atoms with van der Waals surface area (Å²) in [7, 11) is 0. The highest BCUT2D eigenvalue weighted by molar-refractivity contribution is 6.31. The minimum atomic E-state index is -0.235. The zero-order chi connectivity index (χ0) is 16.4. The van der Waals surface area contributed by atoms with Gasteiger partial charge in [-0.3, -0.25) is 4.79 Å². The fraction of sp³-hybridized carbons (Fsp3) is 0.211. The summed E-state index contributed by atoms with van der Waals surface area (Å²) in [6.45, 7) is 3.80. The van der Waals surface area contributed by atoms with Crippen molar-refractivity contribution in [2.45, 2.75) is 24.7 Å². The fourth-order valence-corrected chi connectivity index (χ4v) is 3.59. The smallest absolute Gasteiger partial charge is 0.232 e. The highest BCUT2D eigenvalue weighted by atomic mass is 35.5. The van der Waals surface area contributed by atoms with Crippen molar-refractivity contribution < 1.29 is 4.79 Å². The molecule has 1 aliphatic rings. The number of anilines is 1. The Hall–Kier alpha value is -1.77. The third kappa shape index (κ3) is 3.29. The second-order valence-electron chi connectivity index (χ2n) is 5.73. The molecule has 0 unspecified atom stereocenters. The molecule has 23 heavy (non-hydrogen) atoms. The van der Waals surface area contributed by atoms with Crippen molar-refractivity contribution >= 4 is 34.8 Å². The van der Waals surface area contributed by atoms with Gasteiger partial charge in [0.25, 0.3) is 0 Å². The molecule has 1 heterocycles. The van der Waals surface area contributed by atoms with Crippen molar-refractivity contribution in [3.63, 3.8) is 0 Å². The molecule has 3 rings (SSSR count). The molecule has 0 saturated carbocycles. The molecule has 2 nitrogen and oxygen atoms in total. The average molecular weight is 346 g/mol. The van der Waals surface area contributed by atoms with E-state index in [1.807, 2.05) is 42.5 Å². The molecule has 1 amide bonds. The lowest BCUT2D eigenvalue weighted by Crippen LogP contribution is -2.19. The molecule has 4 heteroatoms. The SMILES string of the molecule is C=CCC[C@H](c1cccc(Cl)c1)[C@@H]1C(=O)Nc2cc(Cl)ccc21. The normalized spacial score (nSPS) is 17.5. The van der Waals surface area contributed by atoms with Crippen LogP contribution in [0.2, 0.25) is 10.0 Å². The monoisotopic (exact) mass is 345 g/mol. The van der Waals surface area contributed by atoms with Gasteiger partial charge in [0.05, 0.1) is 5.92 Å². The molecule has 0 fully saturated rings. The van der Waals surface area contributed by atoms with Gasteiger partial charge < -0.3 is 5.32 Å². The van der Waals surface area contributed by atoms with Crippen LogP contribution in [0.25, 0.3) is 0 Å². The van der Waals surface area contributed by atoms with Gasteiger partial charge in [-0.2, -0.15) is 0 Å². The van der Waals surface area contributed by atoms with E-state index in [-0.39, 0.29) is 17.7 Å². The summed E-state index contributed by atoms with van der Waals surface area (Å²) in [5.74, 6) is -0.175. The Balaban J connectivity index is 2.03. The second kappa shape index (κ2) is 6.77. The third-order valence-electron chi connectivity index (χ3n) is 4.25. The van der Waals surface area contributed by atoms with E-state index in [9.17, 15) is 4.79 Å². The molecular weight excluding hydrogens is 329 g/mol. The molecule has 0 radical (unpaired) electrons. The Labute approximate surface area is 146 Å². The number of nitrogens with one attached hydrogen (secondary N) is 1. The highest BCUT2D eigenvalue weighted by Crippen LogP contribution is 2.45. The standard InChI is InChI=1S/C19H17Cl2NO/c1-2-3-7-15(12-5-4-6-13(20)10-12)18-16-9-8-14(21)11-17(16)22-19(18)23/h2,4-6,8-11,15,18H,1,3,7H2,(H,22,23)/t15-,18+/m1/s1. The zero-order valence-corrected chi connectivity index (χ0v) is 14.1. The lowest BCUT2D eigenvalue weighted by molar-refractivity contribution is -0.117. The van der Waals surface area contributed by atoms with Gasteiger partial charge in [0.1, 0.15) is 0 Å². The molecule has 0 saturated heterocycles. The van der Waals surface area contributed by atoms with Crippen molar-refractivity contribution in [1.29, 1.82) is 0 Å². The van der Waals surface area contributed by atoms with Crippen LogP contribution >= 0.6 is 23.2 Å². The number of halogens is 2. The maximum Gasteiger partial charge on any atom is 0.232 e. The summed E-state index contributed by atoms with van der Waals surface area (Å²) < 4.78 is 0. The fourth-order valence-electron chi connectivity index (χ4n) is 3.22. The molecule has 0 aliphatic carbocycles. The number of benzene rings is 2. The van der Waals surface area contributed by atoms with Gasteiger partial charge in [0, 0.05) is 15.7 Å². The lowest BCUT2D eigenvalue weighted by atomic mass is 9.79. The summed E-state index contributed by atoms with van der Waals surface area (Å²) in [6.07, 6.45) is 3.56. The van der Waals surface area contributed by atoms with Crippen LogP contribution in [0.5, 0.6) is 0 Å². The lowest BCUT2D eigenvalue weighted by Gasteiger charge is -2.23. The van der Waals surface area contributed by atoms with E-state index in [2.05, 4.69) is 11.9 Å². The molecule has 1 N–H and O–H groups in total. The number of carbonyl (C=O) groups excluding carboxylic acids is 1. The topological polar surface area (TPSA) is 29.1 Å². The Bertz CT molecular complexity index is 757. The third-order valence-corrected chi connectivity index (χ3v) is 4.72. The van der Waals surface area contributed by atoms with Crippen LogP contribution < -0.4 is 5.32 Å². The van der Waals surface area contributed by atoms with Gasteiger partial charge in [-0.25, -0.2) is 0 Å². The number of amides is 1. The van der Waals surface area contributed by atoms with Gasteiger partial charge in [-0.1, -0.05) is 47.5 Å². The Morgan fingerprint density at radius 3 is 2.70 bits per heavy atom. The minimum absolute atomic E-state index is 0.0105. The number of rotatable bonds is 5. The van der Waals surface area contributed by atoms with Gasteiger partial charge >= 0.3 is 0 Å². The van der Waals surface area contributed by atoms with Crippen LogP contribution in [0, 0.1) is 0 Å². The van der Waals surface area contributed by atoms with E-state index in [1.165, 1.54) is 0 Å². The number of allylic oxidation sites excluding steroid dienone is 1. The zero-order valence-electron chi connectivity index (χ0n) is 12.6. The number of hydrogen-bond acceptors (Lipinski definition) is 1. The Morgan fingerprint density at radius 2 is 1.96 bits per heavy atom. The van der Waals surface area contributed by atoms with E-state index in [0.29, 0.717) is 10.0 Å². The maximum atomic E-state index is 12.6. The van der Waals surface area contributed by atoms with Crippen molar-refractivity contribution in [1.82, 2.24) is 0 Å². The first-order chi connectivity index (χ1) is 11.1. The van der Waals surface area contributed by atoms with Crippen molar-refractivity contribution in [2.24, 2.45) is 0 Å². The first-order valence-corrected chi connectivity index (χ1v) is 8.32. The van der Waals surface area contributed by atoms with E-state index in [0.717, 1.165) is 29.7 Å². The first-order valence-electron chi connectivity index (χ1n) is 7.57. The first kappa shape index (κ1) is 16.1. The van der Waals surface area contributed by atoms with Crippen molar-refractivity contribution in [2.75, 3.05) is 5.32 Å². The summed E-state index contributed by atoms with van der Waals surface area (Å²) >= 11 is 12.2. The molecule has 1 aliphatic heterocycles. The van der Waals surface area contributed by atoms with Crippen molar-refractivity contribution in [3.05, 3.63) is 76.3 Å². The van der Waals surface area contributed by atoms with E-state index in [4.69, 9.17) is 23.2 Å². The van der Waals surface area contributed by atoms with E-state index < -0.39 is 0 Å². The van der Waals surface area contributed by atoms with Crippen LogP contribution in [0.15, 0.2) is 55.1 Å². The molecule has 0 aromatic heterocycles. The highest BCUT2D eigenvalue weighted by Gasteiger charge is 2.37. The van der Waals surface area contributed by atoms with Gasteiger partial charge in [0.2, 0.25) is 5.91 Å². The van der Waals surface area contributed by atoms with Crippen LogP contribution in [0.1, 0.15) is 35.8 Å². The van der Waals surface area contributed by atoms with E-state index in [1.54, 1.807) is 6.07 Å². The number of fused-ring (bicyclic) bond motifs is 1. The van der Waals surface area contributed by atoms with Crippen LogP contribution in [0.3, 0.4) is 0 Å². The molecule has 118 valence electrons. The average Bonchev–Trinajstić information content (AvgIpc) is 2.83. The molecule has 2 atom stereocenters. The molecule has 2 aromatic carbocycles. The van der Waals surface area contributed by atoms with Crippen LogP contribution in [-0.4, -0.2) is 5.91 Å². The van der Waals surface area contributed by atoms with Crippen LogP contribution in [0.4, 0.5) is 5.69 Å². The van der Waals surface area contributed by atoms with E-state index >= 15 is 0 Å². The molecule has 2 aromatic rings. The van der Waals surface area contributed by atoms with Crippen LogP contribution in [-0.2, 0) is 4.79 Å². The second-order valence-corrected chi connectivity index (χ2v) is 6.60. The van der Waals surface area contributed by atoms with Gasteiger partial charge in [-0.05, 0) is 54.2 Å². The summed E-state index contributed by atoms with van der Waals surface area (Å²) in [5.41, 5.74) is 2.87. The summed E-state index contributed by atoms with van der Waals surface area (Å²) in [6, 6.07) is 13.3. The summed E-state index contributed by atoms with van der Waals surface area (Å²) in [4.78, 5) is 12.6. The molecule has 0 spiro atoms. The largest absolute Gasteiger partial charge is 0.325 e. The quantitative estimate of drug-likeness (QED) is 0.683. The molecule has 0 bridgehead atoms. The van der Waals surface area contributed by atoms with Crippen molar-refractivity contribution in [3.8, 4) is 0 Å². The maximum absolute atomic E-state index is 12.6. The number of carbonyl (C=O) groups is 1. The predicted octanol–water partition coefficient (Wildman–Crippen LogP) is 5.78.